The summed E-state index contributed by atoms with van der Waals surface area (Å²) in [5.41, 5.74) is 1.30. The van der Waals surface area contributed by atoms with Crippen LogP contribution in [-0.2, 0) is 9.59 Å². The van der Waals surface area contributed by atoms with Crippen LogP contribution in [0.4, 0.5) is 11.4 Å². The Morgan fingerprint density at radius 2 is 2.08 bits per heavy atom. The standard InChI is InChI=1S/C18H16BrClN2O3/c19-12-7-8-16(13(20)10-12)25-11-17(23)21-14-4-1-2-5-15(14)22-9-3-6-18(22)24/h1-2,4-5,7-8,10H,3,6,9,11H2,(H,21,23). The molecule has 1 heterocycles. The summed E-state index contributed by atoms with van der Waals surface area (Å²) in [5.74, 6) is 0.181. The van der Waals surface area contributed by atoms with Gasteiger partial charge in [0.1, 0.15) is 5.75 Å². The van der Waals surface area contributed by atoms with Crippen LogP contribution in [0.15, 0.2) is 46.9 Å². The first-order valence-electron chi connectivity index (χ1n) is 7.81. The molecule has 0 aliphatic carbocycles. The predicted octanol–water partition coefficient (Wildman–Crippen LogP) is 4.25. The molecule has 0 spiro atoms. The Bertz CT molecular complexity index is 813. The number of amides is 2. The van der Waals surface area contributed by atoms with E-state index in [-0.39, 0.29) is 18.4 Å². The molecule has 1 N–H and O–H groups in total. The van der Waals surface area contributed by atoms with Gasteiger partial charge in [0.05, 0.1) is 16.4 Å². The van der Waals surface area contributed by atoms with E-state index in [1.807, 2.05) is 18.2 Å². The Hall–Kier alpha value is -2.05. The lowest BCUT2D eigenvalue weighted by Crippen LogP contribution is -2.26. The van der Waals surface area contributed by atoms with Crippen molar-refractivity contribution in [3.63, 3.8) is 0 Å². The first-order valence-corrected chi connectivity index (χ1v) is 8.99. The molecule has 2 amide bonds. The summed E-state index contributed by atoms with van der Waals surface area (Å²) in [4.78, 5) is 25.9. The molecule has 130 valence electrons. The summed E-state index contributed by atoms with van der Waals surface area (Å²) in [6.07, 6.45) is 1.36. The van der Waals surface area contributed by atoms with Gasteiger partial charge in [0.15, 0.2) is 6.61 Å². The van der Waals surface area contributed by atoms with Gasteiger partial charge in [0.2, 0.25) is 5.91 Å². The lowest BCUT2D eigenvalue weighted by Gasteiger charge is -2.20. The van der Waals surface area contributed by atoms with Gasteiger partial charge >= 0.3 is 0 Å². The van der Waals surface area contributed by atoms with Crippen molar-refractivity contribution < 1.29 is 14.3 Å². The normalized spacial score (nSPS) is 13.8. The molecule has 0 saturated carbocycles. The van der Waals surface area contributed by atoms with Crippen molar-refractivity contribution in [2.24, 2.45) is 0 Å². The number of hydrogen-bond acceptors (Lipinski definition) is 3. The molecule has 5 nitrogen and oxygen atoms in total. The Kier molecular flexibility index (Phi) is 5.60. The molecular formula is C18H16BrClN2O3. The number of carbonyl (C=O) groups excluding carboxylic acids is 2. The molecular weight excluding hydrogens is 408 g/mol. The number of para-hydroxylation sites is 2. The molecule has 0 bridgehead atoms. The lowest BCUT2D eigenvalue weighted by atomic mass is 10.2. The summed E-state index contributed by atoms with van der Waals surface area (Å²) in [6.45, 7) is 0.486. The summed E-state index contributed by atoms with van der Waals surface area (Å²) in [6, 6.07) is 12.4. The monoisotopic (exact) mass is 422 g/mol. The fourth-order valence-electron chi connectivity index (χ4n) is 2.64. The number of hydrogen-bond donors (Lipinski definition) is 1. The average molecular weight is 424 g/mol. The van der Waals surface area contributed by atoms with Gasteiger partial charge in [-0.25, -0.2) is 0 Å². The Labute approximate surface area is 159 Å². The maximum absolute atomic E-state index is 12.2. The molecule has 1 fully saturated rings. The average Bonchev–Trinajstić information content (AvgIpc) is 3.00. The van der Waals surface area contributed by atoms with Crippen molar-refractivity contribution in [3.05, 3.63) is 52.0 Å². The zero-order valence-electron chi connectivity index (χ0n) is 13.3. The second kappa shape index (κ2) is 7.89. The van der Waals surface area contributed by atoms with E-state index in [4.69, 9.17) is 16.3 Å². The zero-order chi connectivity index (χ0) is 17.8. The van der Waals surface area contributed by atoms with E-state index in [2.05, 4.69) is 21.2 Å². The minimum atomic E-state index is -0.321. The topological polar surface area (TPSA) is 58.6 Å². The van der Waals surface area contributed by atoms with E-state index in [0.717, 1.165) is 10.9 Å². The molecule has 0 unspecified atom stereocenters. The molecule has 7 heteroatoms. The van der Waals surface area contributed by atoms with Crippen molar-refractivity contribution in [3.8, 4) is 5.75 Å². The molecule has 0 aromatic heterocycles. The number of rotatable bonds is 5. The maximum atomic E-state index is 12.2. The zero-order valence-corrected chi connectivity index (χ0v) is 15.6. The van der Waals surface area contributed by atoms with Crippen molar-refractivity contribution in [1.29, 1.82) is 0 Å². The van der Waals surface area contributed by atoms with Crippen LogP contribution >= 0.6 is 27.5 Å². The van der Waals surface area contributed by atoms with Gasteiger partial charge in [0.25, 0.3) is 5.91 Å². The summed E-state index contributed by atoms with van der Waals surface area (Å²) in [7, 11) is 0. The lowest BCUT2D eigenvalue weighted by molar-refractivity contribution is -0.118. The molecule has 0 atom stereocenters. The van der Waals surface area contributed by atoms with Gasteiger partial charge < -0.3 is 15.0 Å². The smallest absolute Gasteiger partial charge is 0.262 e. The van der Waals surface area contributed by atoms with Gasteiger partial charge in [-0.1, -0.05) is 39.7 Å². The molecule has 1 aliphatic rings. The van der Waals surface area contributed by atoms with Gasteiger partial charge in [-0.2, -0.15) is 0 Å². The fourth-order valence-corrected chi connectivity index (χ4v) is 3.37. The maximum Gasteiger partial charge on any atom is 0.262 e. The van der Waals surface area contributed by atoms with Crippen LogP contribution in [0.2, 0.25) is 5.02 Å². The molecule has 3 rings (SSSR count). The quantitative estimate of drug-likeness (QED) is 0.782. The van der Waals surface area contributed by atoms with Crippen molar-refractivity contribution in [2.75, 3.05) is 23.4 Å². The summed E-state index contributed by atoms with van der Waals surface area (Å²) < 4.78 is 6.30. The summed E-state index contributed by atoms with van der Waals surface area (Å²) >= 11 is 9.38. The van der Waals surface area contributed by atoms with Crippen molar-refractivity contribution >= 4 is 50.7 Å². The molecule has 1 saturated heterocycles. The van der Waals surface area contributed by atoms with Crippen LogP contribution in [-0.4, -0.2) is 25.0 Å². The highest BCUT2D eigenvalue weighted by Crippen LogP contribution is 2.30. The van der Waals surface area contributed by atoms with Crippen LogP contribution in [0.3, 0.4) is 0 Å². The minimum absolute atomic E-state index is 0.0691. The summed E-state index contributed by atoms with van der Waals surface area (Å²) in [5, 5.41) is 3.22. The van der Waals surface area contributed by atoms with Gasteiger partial charge in [-0.05, 0) is 36.8 Å². The third-order valence-electron chi connectivity index (χ3n) is 3.80. The SMILES string of the molecule is O=C(COc1ccc(Br)cc1Cl)Nc1ccccc1N1CCCC1=O. The Morgan fingerprint density at radius 1 is 1.28 bits per heavy atom. The first-order chi connectivity index (χ1) is 12.0. The van der Waals surface area contributed by atoms with Crippen molar-refractivity contribution in [2.45, 2.75) is 12.8 Å². The highest BCUT2D eigenvalue weighted by atomic mass is 79.9. The molecule has 0 radical (unpaired) electrons. The third-order valence-corrected chi connectivity index (χ3v) is 4.58. The van der Waals surface area contributed by atoms with Crippen LogP contribution < -0.4 is 15.0 Å². The predicted molar refractivity (Wildman–Crippen MR) is 101 cm³/mol. The van der Waals surface area contributed by atoms with Crippen LogP contribution in [0, 0.1) is 0 Å². The Morgan fingerprint density at radius 3 is 2.80 bits per heavy atom. The highest BCUT2D eigenvalue weighted by Gasteiger charge is 2.24. The van der Waals surface area contributed by atoms with Crippen LogP contribution in [0.1, 0.15) is 12.8 Å². The van der Waals surface area contributed by atoms with E-state index in [1.54, 1.807) is 29.2 Å². The largest absolute Gasteiger partial charge is 0.482 e. The molecule has 2 aromatic rings. The molecule has 25 heavy (non-hydrogen) atoms. The van der Waals surface area contributed by atoms with Gasteiger partial charge in [-0.15, -0.1) is 0 Å². The number of carbonyl (C=O) groups is 2. The first kappa shape index (κ1) is 17.8. The van der Waals surface area contributed by atoms with Crippen LogP contribution in [0.25, 0.3) is 0 Å². The fraction of sp³-hybridized carbons (Fsp3) is 0.222. The van der Waals surface area contributed by atoms with Crippen LogP contribution in [0.5, 0.6) is 5.75 Å². The number of ether oxygens (including phenoxy) is 1. The van der Waals surface area contributed by atoms with E-state index >= 15 is 0 Å². The molecule has 1 aliphatic heterocycles. The number of nitrogens with one attached hydrogen (secondary N) is 1. The number of nitrogens with zero attached hydrogens (tertiary/aromatic N) is 1. The van der Waals surface area contributed by atoms with Crippen molar-refractivity contribution in [1.82, 2.24) is 0 Å². The van der Waals surface area contributed by atoms with E-state index in [0.29, 0.717) is 35.1 Å². The molecule has 2 aromatic carbocycles. The number of benzene rings is 2. The minimum Gasteiger partial charge on any atom is -0.482 e. The van der Waals surface area contributed by atoms with E-state index in [1.165, 1.54) is 0 Å². The second-order valence-corrected chi connectivity index (χ2v) is 6.90. The number of anilines is 2. The highest BCUT2D eigenvalue weighted by molar-refractivity contribution is 9.10. The Balaban J connectivity index is 1.66. The second-order valence-electron chi connectivity index (χ2n) is 5.58. The van der Waals surface area contributed by atoms with E-state index in [9.17, 15) is 9.59 Å². The third kappa shape index (κ3) is 4.32. The van der Waals surface area contributed by atoms with Gasteiger partial charge in [-0.3, -0.25) is 9.59 Å². The van der Waals surface area contributed by atoms with Gasteiger partial charge in [0, 0.05) is 17.4 Å². The number of halogens is 2. The van der Waals surface area contributed by atoms with E-state index < -0.39 is 0 Å².